The van der Waals surface area contributed by atoms with Crippen LogP contribution in [0.15, 0.2) is 0 Å². The molecule has 0 spiro atoms. The monoisotopic (exact) mass is 233 g/mol. The summed E-state index contributed by atoms with van der Waals surface area (Å²) < 4.78 is 0. The highest BCUT2D eigenvalue weighted by Crippen LogP contribution is 2.26. The van der Waals surface area contributed by atoms with Gasteiger partial charge < -0.3 is 0 Å². The molecule has 1 fully saturated rings. The fourth-order valence-electron chi connectivity index (χ4n) is 1.59. The van der Waals surface area contributed by atoms with Gasteiger partial charge in [0, 0.05) is 17.9 Å². The summed E-state index contributed by atoms with van der Waals surface area (Å²) in [5.74, 6) is 0. The molecule has 1 aliphatic rings. The predicted molar refractivity (Wildman–Crippen MR) is 57.9 cm³/mol. The van der Waals surface area contributed by atoms with Crippen LogP contribution in [0.4, 0.5) is 0 Å². The zero-order chi connectivity index (χ0) is 8.81. The molecule has 0 aromatic heterocycles. The average Bonchev–Trinajstić information content (AvgIpc) is 2.86. The Morgan fingerprint density at radius 1 is 1.25 bits per heavy atom. The Kier molecular flexibility index (Phi) is 5.24. The summed E-state index contributed by atoms with van der Waals surface area (Å²) in [6, 6.07) is 0.944. The topological polar surface area (TPSA) is 3.24 Å². The average molecular weight is 234 g/mol. The van der Waals surface area contributed by atoms with E-state index in [1.165, 1.54) is 45.2 Å². The lowest BCUT2D eigenvalue weighted by atomic mass is 10.2. The Bertz CT molecular complexity index is 112. The Morgan fingerprint density at radius 2 is 2.00 bits per heavy atom. The van der Waals surface area contributed by atoms with E-state index in [0.29, 0.717) is 0 Å². The molecule has 0 aromatic rings. The van der Waals surface area contributed by atoms with Gasteiger partial charge in [0.1, 0.15) is 0 Å². The summed E-state index contributed by atoms with van der Waals surface area (Å²) in [6.45, 7) is 4.84. The number of hydrogen-bond donors (Lipinski definition) is 0. The molecule has 2 heteroatoms. The van der Waals surface area contributed by atoms with E-state index in [0.717, 1.165) is 11.4 Å². The van der Waals surface area contributed by atoms with E-state index in [9.17, 15) is 0 Å². The summed E-state index contributed by atoms with van der Waals surface area (Å²) in [5, 5.41) is 1.13. The van der Waals surface area contributed by atoms with Gasteiger partial charge in [0.15, 0.2) is 0 Å². The first kappa shape index (κ1) is 10.5. The standard InChI is InChI=1S/C10H20BrN/c1-2-3-4-8-12(9-7-11)10-5-6-10/h10H,2-9H2,1H3. The highest BCUT2D eigenvalue weighted by molar-refractivity contribution is 9.09. The molecule has 0 amide bonds. The number of halogens is 1. The van der Waals surface area contributed by atoms with Crippen LogP contribution in [0.2, 0.25) is 0 Å². The van der Waals surface area contributed by atoms with Gasteiger partial charge >= 0.3 is 0 Å². The molecule has 0 aromatic carbocycles. The van der Waals surface area contributed by atoms with Crippen LogP contribution < -0.4 is 0 Å². The minimum Gasteiger partial charge on any atom is -0.300 e. The van der Waals surface area contributed by atoms with Crippen molar-refractivity contribution >= 4 is 15.9 Å². The van der Waals surface area contributed by atoms with Crippen molar-refractivity contribution in [3.8, 4) is 0 Å². The first-order valence-electron chi connectivity index (χ1n) is 5.18. The van der Waals surface area contributed by atoms with Crippen molar-refractivity contribution in [2.24, 2.45) is 0 Å². The second kappa shape index (κ2) is 5.98. The van der Waals surface area contributed by atoms with Crippen LogP contribution in [0.25, 0.3) is 0 Å². The van der Waals surface area contributed by atoms with Crippen molar-refractivity contribution in [3.05, 3.63) is 0 Å². The van der Waals surface area contributed by atoms with Crippen LogP contribution in [0, 0.1) is 0 Å². The zero-order valence-electron chi connectivity index (χ0n) is 8.06. The van der Waals surface area contributed by atoms with Gasteiger partial charge in [0.05, 0.1) is 0 Å². The Morgan fingerprint density at radius 3 is 2.50 bits per heavy atom. The smallest absolute Gasteiger partial charge is 0.0159 e. The first-order chi connectivity index (χ1) is 5.88. The summed E-state index contributed by atoms with van der Waals surface area (Å²) in [5.41, 5.74) is 0. The van der Waals surface area contributed by atoms with E-state index < -0.39 is 0 Å². The van der Waals surface area contributed by atoms with Crippen LogP contribution in [0.5, 0.6) is 0 Å². The molecule has 0 atom stereocenters. The molecule has 0 radical (unpaired) electrons. The molecule has 1 aliphatic carbocycles. The van der Waals surface area contributed by atoms with E-state index in [-0.39, 0.29) is 0 Å². The van der Waals surface area contributed by atoms with Crippen LogP contribution >= 0.6 is 15.9 Å². The lowest BCUT2D eigenvalue weighted by molar-refractivity contribution is 0.274. The summed E-state index contributed by atoms with van der Waals surface area (Å²) in [4.78, 5) is 2.64. The van der Waals surface area contributed by atoms with Crippen molar-refractivity contribution < 1.29 is 0 Å². The first-order valence-corrected chi connectivity index (χ1v) is 6.30. The fourth-order valence-corrected chi connectivity index (χ4v) is 2.05. The van der Waals surface area contributed by atoms with Crippen LogP contribution in [0.1, 0.15) is 39.0 Å². The Hall–Kier alpha value is 0.440. The SMILES string of the molecule is CCCCCN(CCBr)C1CC1. The molecule has 72 valence electrons. The van der Waals surface area contributed by atoms with Gasteiger partial charge in [-0.2, -0.15) is 0 Å². The van der Waals surface area contributed by atoms with E-state index in [2.05, 4.69) is 27.8 Å². The molecule has 1 nitrogen and oxygen atoms in total. The summed E-state index contributed by atoms with van der Waals surface area (Å²) >= 11 is 3.51. The fraction of sp³-hybridized carbons (Fsp3) is 1.00. The number of nitrogens with zero attached hydrogens (tertiary/aromatic N) is 1. The normalized spacial score (nSPS) is 17.2. The van der Waals surface area contributed by atoms with E-state index >= 15 is 0 Å². The Balaban J connectivity index is 2.05. The highest BCUT2D eigenvalue weighted by Gasteiger charge is 2.27. The minimum atomic E-state index is 0.944. The molecule has 0 N–H and O–H groups in total. The number of alkyl halides is 1. The molecule has 0 unspecified atom stereocenters. The second-order valence-electron chi connectivity index (χ2n) is 3.66. The van der Waals surface area contributed by atoms with Crippen molar-refractivity contribution in [1.29, 1.82) is 0 Å². The van der Waals surface area contributed by atoms with Crippen LogP contribution in [0.3, 0.4) is 0 Å². The van der Waals surface area contributed by atoms with Gasteiger partial charge in [-0.15, -0.1) is 0 Å². The predicted octanol–water partition coefficient (Wildman–Crippen LogP) is 3.04. The van der Waals surface area contributed by atoms with Crippen molar-refractivity contribution in [3.63, 3.8) is 0 Å². The minimum absolute atomic E-state index is 0.944. The third kappa shape index (κ3) is 3.90. The summed E-state index contributed by atoms with van der Waals surface area (Å²) in [6.07, 6.45) is 7.01. The molecule has 0 saturated heterocycles. The van der Waals surface area contributed by atoms with Gasteiger partial charge in [0.25, 0.3) is 0 Å². The van der Waals surface area contributed by atoms with E-state index in [4.69, 9.17) is 0 Å². The molecular formula is C10H20BrN. The zero-order valence-corrected chi connectivity index (χ0v) is 9.65. The van der Waals surface area contributed by atoms with Gasteiger partial charge in [-0.05, 0) is 25.8 Å². The molecule has 12 heavy (non-hydrogen) atoms. The number of hydrogen-bond acceptors (Lipinski definition) is 1. The quantitative estimate of drug-likeness (QED) is 0.483. The molecule has 1 rings (SSSR count). The van der Waals surface area contributed by atoms with Gasteiger partial charge in [-0.25, -0.2) is 0 Å². The lowest BCUT2D eigenvalue weighted by Gasteiger charge is -2.20. The number of rotatable bonds is 7. The molecule has 0 aliphatic heterocycles. The highest BCUT2D eigenvalue weighted by atomic mass is 79.9. The third-order valence-corrected chi connectivity index (χ3v) is 2.84. The van der Waals surface area contributed by atoms with Crippen molar-refractivity contribution in [1.82, 2.24) is 4.90 Å². The van der Waals surface area contributed by atoms with E-state index in [1.807, 2.05) is 0 Å². The van der Waals surface area contributed by atoms with Crippen LogP contribution in [-0.4, -0.2) is 29.4 Å². The van der Waals surface area contributed by atoms with Gasteiger partial charge in [0.2, 0.25) is 0 Å². The lowest BCUT2D eigenvalue weighted by Crippen LogP contribution is -2.29. The van der Waals surface area contributed by atoms with Crippen molar-refractivity contribution in [2.75, 3.05) is 18.4 Å². The molecule has 0 bridgehead atoms. The maximum Gasteiger partial charge on any atom is 0.0159 e. The van der Waals surface area contributed by atoms with E-state index in [1.54, 1.807) is 0 Å². The van der Waals surface area contributed by atoms with Crippen LogP contribution in [-0.2, 0) is 0 Å². The van der Waals surface area contributed by atoms with Gasteiger partial charge in [-0.3, -0.25) is 4.90 Å². The Labute approximate surface area is 84.6 Å². The van der Waals surface area contributed by atoms with Crippen molar-refractivity contribution in [2.45, 2.75) is 45.1 Å². The summed E-state index contributed by atoms with van der Waals surface area (Å²) in [7, 11) is 0. The largest absolute Gasteiger partial charge is 0.300 e. The number of unbranched alkanes of at least 4 members (excludes halogenated alkanes) is 2. The maximum absolute atomic E-state index is 3.51. The maximum atomic E-state index is 3.51. The second-order valence-corrected chi connectivity index (χ2v) is 4.46. The third-order valence-electron chi connectivity index (χ3n) is 2.48. The molecule has 1 saturated carbocycles. The molecule has 0 heterocycles. The molecular weight excluding hydrogens is 214 g/mol. The van der Waals surface area contributed by atoms with Gasteiger partial charge in [-0.1, -0.05) is 35.7 Å².